The van der Waals surface area contributed by atoms with Gasteiger partial charge in [0.2, 0.25) is 0 Å². The summed E-state index contributed by atoms with van der Waals surface area (Å²) in [5.74, 6) is 0.0556. The summed E-state index contributed by atoms with van der Waals surface area (Å²) >= 11 is 0. The van der Waals surface area contributed by atoms with Gasteiger partial charge in [0.15, 0.2) is 5.78 Å². The second kappa shape index (κ2) is 4.50. The van der Waals surface area contributed by atoms with E-state index in [1.54, 1.807) is 12.1 Å². The van der Waals surface area contributed by atoms with Crippen molar-refractivity contribution in [3.05, 3.63) is 40.3 Å². The minimum atomic E-state index is 0.0556. The van der Waals surface area contributed by atoms with Gasteiger partial charge in [0.1, 0.15) is 0 Å². The second-order valence-corrected chi connectivity index (χ2v) is 2.86. The molecule has 0 heterocycles. The van der Waals surface area contributed by atoms with E-state index >= 15 is 0 Å². The van der Waals surface area contributed by atoms with E-state index in [1.807, 2.05) is 12.1 Å². The Labute approximate surface area is 76.7 Å². The number of carbonyl (C=O) groups is 1. The van der Waals surface area contributed by atoms with Crippen molar-refractivity contribution in [3.63, 3.8) is 0 Å². The van der Waals surface area contributed by atoms with E-state index in [9.17, 15) is 9.70 Å². The standard InChI is InChI=1S/C10H11NO2/c1-8(12)10-4-2-9(3-5-10)6-7-11-13/h2-5H,6-7H2,1H3. The molecule has 3 nitrogen and oxygen atoms in total. The fourth-order valence-electron chi connectivity index (χ4n) is 1.08. The first kappa shape index (κ1) is 9.58. The number of benzene rings is 1. The molecule has 0 N–H and O–H groups in total. The SMILES string of the molecule is CC(=O)c1ccc(CCN=O)cc1. The van der Waals surface area contributed by atoms with Crippen molar-refractivity contribution in [1.82, 2.24) is 0 Å². The largest absolute Gasteiger partial charge is 0.295 e. The third-order valence-corrected chi connectivity index (χ3v) is 1.85. The normalized spacial score (nSPS) is 9.62. The lowest BCUT2D eigenvalue weighted by atomic mass is 10.1. The van der Waals surface area contributed by atoms with Crippen LogP contribution in [0.25, 0.3) is 0 Å². The van der Waals surface area contributed by atoms with Gasteiger partial charge in [-0.25, -0.2) is 0 Å². The lowest BCUT2D eigenvalue weighted by Gasteiger charge is -1.98. The Hall–Kier alpha value is -1.51. The number of nitroso groups, excluding NO2 is 1. The summed E-state index contributed by atoms with van der Waals surface area (Å²) in [7, 11) is 0. The van der Waals surface area contributed by atoms with Gasteiger partial charge < -0.3 is 0 Å². The molecule has 0 spiro atoms. The Bertz CT molecular complexity index is 303. The Kier molecular flexibility index (Phi) is 3.31. The Morgan fingerprint density at radius 1 is 1.31 bits per heavy atom. The van der Waals surface area contributed by atoms with Crippen LogP contribution in [-0.4, -0.2) is 12.3 Å². The van der Waals surface area contributed by atoms with Gasteiger partial charge in [0, 0.05) is 5.56 Å². The third-order valence-electron chi connectivity index (χ3n) is 1.85. The van der Waals surface area contributed by atoms with Crippen molar-refractivity contribution in [2.75, 3.05) is 6.54 Å². The van der Waals surface area contributed by atoms with Crippen molar-refractivity contribution < 1.29 is 4.79 Å². The molecule has 0 fully saturated rings. The number of rotatable bonds is 4. The molecule has 1 aromatic rings. The summed E-state index contributed by atoms with van der Waals surface area (Å²) in [4.78, 5) is 20.8. The van der Waals surface area contributed by atoms with E-state index in [0.29, 0.717) is 18.5 Å². The Balaban J connectivity index is 2.69. The summed E-state index contributed by atoms with van der Waals surface area (Å²) in [5, 5.41) is 2.77. The van der Waals surface area contributed by atoms with Crippen molar-refractivity contribution >= 4 is 5.78 Å². The quantitative estimate of drug-likeness (QED) is 0.522. The Morgan fingerprint density at radius 2 is 1.92 bits per heavy atom. The number of Topliss-reactive ketones (excluding diaryl/α,β-unsaturated/α-hetero) is 1. The van der Waals surface area contributed by atoms with Crippen LogP contribution >= 0.6 is 0 Å². The molecule has 0 aliphatic rings. The van der Waals surface area contributed by atoms with Crippen LogP contribution in [0.2, 0.25) is 0 Å². The van der Waals surface area contributed by atoms with E-state index in [2.05, 4.69) is 5.18 Å². The maximum absolute atomic E-state index is 10.9. The lowest BCUT2D eigenvalue weighted by Crippen LogP contribution is -1.93. The first-order valence-corrected chi connectivity index (χ1v) is 4.13. The molecule has 0 atom stereocenters. The highest BCUT2D eigenvalue weighted by Gasteiger charge is 1.98. The fraction of sp³-hybridized carbons (Fsp3) is 0.300. The number of ketones is 1. The molecule has 0 amide bonds. The number of nitrogens with zero attached hydrogens (tertiary/aromatic N) is 1. The topological polar surface area (TPSA) is 46.5 Å². The molecule has 0 bridgehead atoms. The molecular weight excluding hydrogens is 166 g/mol. The average molecular weight is 177 g/mol. The van der Waals surface area contributed by atoms with Crippen molar-refractivity contribution in [2.24, 2.45) is 5.18 Å². The minimum absolute atomic E-state index is 0.0556. The van der Waals surface area contributed by atoms with Gasteiger partial charge in [-0.3, -0.25) is 4.79 Å². The summed E-state index contributed by atoms with van der Waals surface area (Å²) in [6.07, 6.45) is 0.641. The molecule has 1 rings (SSSR count). The number of carbonyl (C=O) groups excluding carboxylic acids is 1. The Morgan fingerprint density at radius 3 is 2.38 bits per heavy atom. The molecule has 0 saturated carbocycles. The van der Waals surface area contributed by atoms with E-state index in [4.69, 9.17) is 0 Å². The van der Waals surface area contributed by atoms with Crippen molar-refractivity contribution in [1.29, 1.82) is 0 Å². The second-order valence-electron chi connectivity index (χ2n) is 2.86. The third kappa shape index (κ3) is 2.78. The maximum atomic E-state index is 10.9. The van der Waals surface area contributed by atoms with E-state index < -0.39 is 0 Å². The van der Waals surface area contributed by atoms with Gasteiger partial charge in [0.25, 0.3) is 0 Å². The van der Waals surface area contributed by atoms with Crippen LogP contribution in [0.4, 0.5) is 0 Å². The predicted molar refractivity (Wildman–Crippen MR) is 50.8 cm³/mol. The smallest absolute Gasteiger partial charge is 0.159 e. The van der Waals surface area contributed by atoms with Gasteiger partial charge in [0.05, 0.1) is 6.54 Å². The van der Waals surface area contributed by atoms with Crippen LogP contribution in [0.15, 0.2) is 29.4 Å². The summed E-state index contributed by atoms with van der Waals surface area (Å²) < 4.78 is 0. The van der Waals surface area contributed by atoms with Crippen LogP contribution in [0.1, 0.15) is 22.8 Å². The van der Waals surface area contributed by atoms with Crippen molar-refractivity contribution in [2.45, 2.75) is 13.3 Å². The van der Waals surface area contributed by atoms with Crippen molar-refractivity contribution in [3.8, 4) is 0 Å². The fourth-order valence-corrected chi connectivity index (χ4v) is 1.08. The van der Waals surface area contributed by atoms with Gasteiger partial charge in [-0.2, -0.15) is 4.91 Å². The van der Waals surface area contributed by atoms with Crippen LogP contribution in [0.3, 0.4) is 0 Å². The average Bonchev–Trinajstić information content (AvgIpc) is 2.15. The molecule has 0 aromatic heterocycles. The first-order valence-electron chi connectivity index (χ1n) is 4.13. The molecule has 3 heteroatoms. The molecule has 0 saturated heterocycles. The summed E-state index contributed by atoms with van der Waals surface area (Å²) in [5.41, 5.74) is 1.73. The highest BCUT2D eigenvalue weighted by Crippen LogP contribution is 2.05. The van der Waals surface area contributed by atoms with Crippen LogP contribution in [0.5, 0.6) is 0 Å². The van der Waals surface area contributed by atoms with Gasteiger partial charge in [-0.1, -0.05) is 29.4 Å². The molecule has 68 valence electrons. The van der Waals surface area contributed by atoms with E-state index in [-0.39, 0.29) is 5.78 Å². The van der Waals surface area contributed by atoms with Gasteiger partial charge in [-0.15, -0.1) is 0 Å². The van der Waals surface area contributed by atoms with Gasteiger partial charge >= 0.3 is 0 Å². The van der Waals surface area contributed by atoms with Crippen LogP contribution in [-0.2, 0) is 6.42 Å². The molecule has 0 unspecified atom stereocenters. The van der Waals surface area contributed by atoms with E-state index in [1.165, 1.54) is 6.92 Å². The maximum Gasteiger partial charge on any atom is 0.159 e. The zero-order chi connectivity index (χ0) is 9.68. The molecular formula is C10H11NO2. The molecule has 0 aliphatic carbocycles. The van der Waals surface area contributed by atoms with Crippen LogP contribution < -0.4 is 0 Å². The highest BCUT2D eigenvalue weighted by molar-refractivity contribution is 5.93. The lowest BCUT2D eigenvalue weighted by molar-refractivity contribution is 0.101. The molecule has 1 aromatic carbocycles. The molecule has 0 radical (unpaired) electrons. The zero-order valence-electron chi connectivity index (χ0n) is 7.49. The zero-order valence-corrected chi connectivity index (χ0v) is 7.49. The minimum Gasteiger partial charge on any atom is -0.295 e. The van der Waals surface area contributed by atoms with E-state index in [0.717, 1.165) is 5.56 Å². The van der Waals surface area contributed by atoms with Gasteiger partial charge in [-0.05, 0) is 18.9 Å². The van der Waals surface area contributed by atoms with Crippen LogP contribution in [0, 0.1) is 4.91 Å². The first-order chi connectivity index (χ1) is 6.24. The summed E-state index contributed by atoms with van der Waals surface area (Å²) in [6, 6.07) is 7.23. The number of hydrogen-bond acceptors (Lipinski definition) is 3. The number of hydrogen-bond donors (Lipinski definition) is 0. The highest BCUT2D eigenvalue weighted by atomic mass is 16.3. The molecule has 0 aliphatic heterocycles. The monoisotopic (exact) mass is 177 g/mol. The molecule has 13 heavy (non-hydrogen) atoms. The summed E-state index contributed by atoms with van der Waals surface area (Å²) in [6.45, 7) is 1.82. The predicted octanol–water partition coefficient (Wildman–Crippen LogP) is 2.20.